The maximum absolute atomic E-state index is 5.21. The molecule has 2 aliphatic rings. The zero-order chi connectivity index (χ0) is 13.8. The molecule has 110 valence electrons. The molecule has 1 saturated heterocycles. The van der Waals surface area contributed by atoms with E-state index in [1.54, 1.807) is 7.11 Å². The molecular weight excluding hydrogens is 248 g/mol. The maximum atomic E-state index is 5.21. The van der Waals surface area contributed by atoms with Crippen molar-refractivity contribution in [3.8, 4) is 0 Å². The monoisotopic (exact) mass is 274 g/mol. The molecule has 2 atom stereocenters. The van der Waals surface area contributed by atoms with E-state index in [-0.39, 0.29) is 0 Å². The van der Waals surface area contributed by atoms with Crippen LogP contribution in [0, 0.1) is 5.92 Å². The molecule has 3 rings (SSSR count). The molecule has 0 amide bonds. The molecule has 1 saturated carbocycles. The number of hydrogen-bond donors (Lipinski definition) is 1. The Morgan fingerprint density at radius 1 is 1.25 bits per heavy atom. The third-order valence-corrected chi connectivity index (χ3v) is 4.62. The SMILES string of the molecule is COCCCN1CC(c2ccccc2)NCC1C1CC1. The van der Waals surface area contributed by atoms with Gasteiger partial charge in [-0.1, -0.05) is 30.3 Å². The van der Waals surface area contributed by atoms with Crippen LogP contribution in [0.3, 0.4) is 0 Å². The molecule has 0 spiro atoms. The molecule has 3 nitrogen and oxygen atoms in total. The molecule has 0 radical (unpaired) electrons. The number of ether oxygens (including phenoxy) is 1. The van der Waals surface area contributed by atoms with Crippen LogP contribution in [0.25, 0.3) is 0 Å². The second kappa shape index (κ2) is 6.70. The molecule has 1 aliphatic heterocycles. The standard InChI is InChI=1S/C17H26N2O/c1-20-11-5-10-19-13-16(14-6-3-2-4-7-14)18-12-17(19)15-8-9-15/h2-4,6-7,15-18H,5,8-13H2,1H3. The van der Waals surface area contributed by atoms with Gasteiger partial charge in [0.1, 0.15) is 0 Å². The van der Waals surface area contributed by atoms with Crippen molar-refractivity contribution in [3.05, 3.63) is 35.9 Å². The van der Waals surface area contributed by atoms with Gasteiger partial charge in [-0.25, -0.2) is 0 Å². The number of nitrogens with one attached hydrogen (secondary N) is 1. The zero-order valence-electron chi connectivity index (χ0n) is 12.4. The second-order valence-corrected chi connectivity index (χ2v) is 6.12. The summed E-state index contributed by atoms with van der Waals surface area (Å²) in [4.78, 5) is 2.70. The highest BCUT2D eigenvalue weighted by atomic mass is 16.5. The topological polar surface area (TPSA) is 24.5 Å². The van der Waals surface area contributed by atoms with E-state index < -0.39 is 0 Å². The van der Waals surface area contributed by atoms with Gasteiger partial charge in [0, 0.05) is 45.4 Å². The summed E-state index contributed by atoms with van der Waals surface area (Å²) in [6.07, 6.45) is 3.98. The Balaban J connectivity index is 1.63. The van der Waals surface area contributed by atoms with Gasteiger partial charge >= 0.3 is 0 Å². The first-order valence-corrected chi connectivity index (χ1v) is 7.90. The van der Waals surface area contributed by atoms with E-state index in [1.165, 1.54) is 24.9 Å². The predicted molar refractivity (Wildman–Crippen MR) is 81.8 cm³/mol. The van der Waals surface area contributed by atoms with E-state index >= 15 is 0 Å². The lowest BCUT2D eigenvalue weighted by molar-refractivity contribution is 0.0982. The fraction of sp³-hybridized carbons (Fsp3) is 0.647. The maximum Gasteiger partial charge on any atom is 0.0474 e. The molecule has 1 N–H and O–H groups in total. The quantitative estimate of drug-likeness (QED) is 0.806. The first-order valence-electron chi connectivity index (χ1n) is 7.90. The van der Waals surface area contributed by atoms with Crippen LogP contribution >= 0.6 is 0 Å². The average Bonchev–Trinajstić information content (AvgIpc) is 3.33. The normalized spacial score (nSPS) is 27.6. The molecule has 20 heavy (non-hydrogen) atoms. The minimum absolute atomic E-state index is 0.480. The Labute approximate surface area is 122 Å². The summed E-state index contributed by atoms with van der Waals surface area (Å²) in [6, 6.07) is 12.1. The van der Waals surface area contributed by atoms with Gasteiger partial charge in [0.25, 0.3) is 0 Å². The molecule has 1 aliphatic carbocycles. The number of nitrogens with zero attached hydrogens (tertiary/aromatic N) is 1. The summed E-state index contributed by atoms with van der Waals surface area (Å²) in [5, 5.41) is 3.75. The number of piperazine rings is 1. The van der Waals surface area contributed by atoms with Crippen molar-refractivity contribution in [3.63, 3.8) is 0 Å². The van der Waals surface area contributed by atoms with Crippen LogP contribution in [0.1, 0.15) is 30.9 Å². The van der Waals surface area contributed by atoms with Crippen molar-refractivity contribution >= 4 is 0 Å². The largest absolute Gasteiger partial charge is 0.385 e. The smallest absolute Gasteiger partial charge is 0.0474 e. The summed E-state index contributed by atoms with van der Waals surface area (Å²) in [5.41, 5.74) is 1.42. The van der Waals surface area contributed by atoms with Gasteiger partial charge in [0.15, 0.2) is 0 Å². The van der Waals surface area contributed by atoms with Crippen LogP contribution < -0.4 is 5.32 Å². The minimum atomic E-state index is 0.480. The molecule has 2 fully saturated rings. The lowest BCUT2D eigenvalue weighted by atomic mass is 9.99. The summed E-state index contributed by atoms with van der Waals surface area (Å²) in [5.74, 6) is 0.932. The zero-order valence-corrected chi connectivity index (χ0v) is 12.4. The van der Waals surface area contributed by atoms with Crippen LogP contribution in [0.4, 0.5) is 0 Å². The Kier molecular flexibility index (Phi) is 4.71. The fourth-order valence-electron chi connectivity index (χ4n) is 3.35. The summed E-state index contributed by atoms with van der Waals surface area (Å²) in [6.45, 7) is 4.31. The lowest BCUT2D eigenvalue weighted by Crippen LogP contribution is -2.54. The molecule has 1 aromatic rings. The van der Waals surface area contributed by atoms with Crippen LogP contribution in [-0.2, 0) is 4.74 Å². The Morgan fingerprint density at radius 3 is 2.75 bits per heavy atom. The van der Waals surface area contributed by atoms with Crippen molar-refractivity contribution in [2.75, 3.05) is 33.4 Å². The highest BCUT2D eigenvalue weighted by Crippen LogP contribution is 2.37. The molecular formula is C17H26N2O. The predicted octanol–water partition coefficient (Wildman–Crippen LogP) is 2.45. The van der Waals surface area contributed by atoms with Gasteiger partial charge in [0.2, 0.25) is 0 Å². The molecule has 0 aromatic heterocycles. The van der Waals surface area contributed by atoms with E-state index in [4.69, 9.17) is 4.74 Å². The van der Waals surface area contributed by atoms with Crippen molar-refractivity contribution in [2.45, 2.75) is 31.3 Å². The van der Waals surface area contributed by atoms with Crippen LogP contribution in [0.2, 0.25) is 0 Å². The van der Waals surface area contributed by atoms with Gasteiger partial charge in [-0.2, -0.15) is 0 Å². The Morgan fingerprint density at radius 2 is 2.05 bits per heavy atom. The van der Waals surface area contributed by atoms with Crippen molar-refractivity contribution < 1.29 is 4.74 Å². The van der Waals surface area contributed by atoms with E-state index in [2.05, 4.69) is 40.5 Å². The molecule has 1 heterocycles. The van der Waals surface area contributed by atoms with Crippen LogP contribution in [-0.4, -0.2) is 44.3 Å². The van der Waals surface area contributed by atoms with E-state index in [1.807, 2.05) is 0 Å². The average molecular weight is 274 g/mol. The molecule has 2 unspecified atom stereocenters. The molecule has 3 heteroatoms. The van der Waals surface area contributed by atoms with Gasteiger partial charge in [0.05, 0.1) is 0 Å². The van der Waals surface area contributed by atoms with E-state index in [9.17, 15) is 0 Å². The fourth-order valence-corrected chi connectivity index (χ4v) is 3.35. The first kappa shape index (κ1) is 14.1. The highest BCUT2D eigenvalue weighted by Gasteiger charge is 2.38. The van der Waals surface area contributed by atoms with Crippen LogP contribution in [0.15, 0.2) is 30.3 Å². The van der Waals surface area contributed by atoms with Crippen molar-refractivity contribution in [2.24, 2.45) is 5.92 Å². The Bertz CT molecular complexity index is 405. The first-order chi connectivity index (χ1) is 9.88. The molecule has 0 bridgehead atoms. The van der Waals surface area contributed by atoms with Gasteiger partial charge in [-0.15, -0.1) is 0 Å². The summed E-state index contributed by atoms with van der Waals surface area (Å²) >= 11 is 0. The van der Waals surface area contributed by atoms with Gasteiger partial charge in [-0.05, 0) is 30.7 Å². The molecule has 1 aromatic carbocycles. The summed E-state index contributed by atoms with van der Waals surface area (Å²) < 4.78 is 5.21. The lowest BCUT2D eigenvalue weighted by Gasteiger charge is -2.41. The van der Waals surface area contributed by atoms with Crippen molar-refractivity contribution in [1.82, 2.24) is 10.2 Å². The third kappa shape index (κ3) is 3.40. The third-order valence-electron chi connectivity index (χ3n) is 4.62. The highest BCUT2D eigenvalue weighted by molar-refractivity contribution is 5.20. The summed E-state index contributed by atoms with van der Waals surface area (Å²) in [7, 11) is 1.79. The van der Waals surface area contributed by atoms with E-state index in [0.29, 0.717) is 6.04 Å². The number of rotatable bonds is 6. The van der Waals surface area contributed by atoms with Crippen LogP contribution in [0.5, 0.6) is 0 Å². The second-order valence-electron chi connectivity index (χ2n) is 6.12. The van der Waals surface area contributed by atoms with Gasteiger partial charge < -0.3 is 10.1 Å². The number of benzene rings is 1. The van der Waals surface area contributed by atoms with Crippen molar-refractivity contribution in [1.29, 1.82) is 0 Å². The Hall–Kier alpha value is -0.900. The number of methoxy groups -OCH3 is 1. The number of hydrogen-bond acceptors (Lipinski definition) is 3. The van der Waals surface area contributed by atoms with E-state index in [0.717, 1.165) is 38.1 Å². The van der Waals surface area contributed by atoms with Gasteiger partial charge in [-0.3, -0.25) is 4.90 Å². The minimum Gasteiger partial charge on any atom is -0.385 e.